The predicted octanol–water partition coefficient (Wildman–Crippen LogP) is 3.90. The van der Waals surface area contributed by atoms with E-state index >= 15 is 0 Å². The molecule has 2 aromatic rings. The first kappa shape index (κ1) is 12.2. The van der Waals surface area contributed by atoms with Gasteiger partial charge in [-0.1, -0.05) is 29.7 Å². The summed E-state index contributed by atoms with van der Waals surface area (Å²) in [7, 11) is 0. The van der Waals surface area contributed by atoms with Crippen molar-refractivity contribution < 1.29 is 4.92 Å². The number of rotatable bonds is 2. The molecule has 0 aliphatic rings. The minimum atomic E-state index is -0.489. The molecule has 0 amide bonds. The molecule has 0 N–H and O–H groups in total. The first-order chi connectivity index (χ1) is 8.61. The molecule has 0 fully saturated rings. The number of benzene rings is 2. The Bertz CT molecular complexity index is 659. The van der Waals surface area contributed by atoms with Gasteiger partial charge in [0.25, 0.3) is 5.69 Å². The maximum absolute atomic E-state index is 10.8. The Morgan fingerprint density at radius 2 is 1.89 bits per heavy atom. The van der Waals surface area contributed by atoms with Crippen molar-refractivity contribution in [2.75, 3.05) is 0 Å². The predicted molar refractivity (Wildman–Crippen MR) is 71.5 cm³/mol. The minimum absolute atomic E-state index is 0.0664. The summed E-state index contributed by atoms with van der Waals surface area (Å²) in [6.07, 6.45) is 5.28. The molecule has 0 radical (unpaired) electrons. The van der Waals surface area contributed by atoms with Gasteiger partial charge in [0.1, 0.15) is 5.56 Å². The molecule has 0 unspecified atom stereocenters. The van der Waals surface area contributed by atoms with E-state index < -0.39 is 4.92 Å². The van der Waals surface area contributed by atoms with E-state index in [4.69, 9.17) is 18.0 Å². The van der Waals surface area contributed by atoms with Gasteiger partial charge < -0.3 is 0 Å². The van der Waals surface area contributed by atoms with E-state index in [9.17, 15) is 10.1 Å². The highest BCUT2D eigenvalue weighted by Crippen LogP contribution is 2.27. The molecule has 0 aromatic heterocycles. The Balaban J connectivity index is 2.55. The lowest BCUT2D eigenvalue weighted by Gasteiger charge is -2.03. The van der Waals surface area contributed by atoms with Crippen molar-refractivity contribution in [3.8, 4) is 23.5 Å². The Labute approximate surface area is 109 Å². The molecule has 4 heteroatoms. The van der Waals surface area contributed by atoms with Crippen LogP contribution in [0.1, 0.15) is 5.56 Å². The van der Waals surface area contributed by atoms with Crippen LogP contribution in [0, 0.1) is 22.5 Å². The van der Waals surface area contributed by atoms with E-state index in [1.54, 1.807) is 24.3 Å². The largest absolute Gasteiger partial charge is 0.284 e. The van der Waals surface area contributed by atoms with Crippen molar-refractivity contribution in [1.29, 1.82) is 0 Å². The fraction of sp³-hybridized carbons (Fsp3) is 0. The van der Waals surface area contributed by atoms with Gasteiger partial charge in [0.15, 0.2) is 0 Å². The lowest BCUT2D eigenvalue weighted by molar-refractivity contribution is -0.385. The van der Waals surface area contributed by atoms with E-state index in [0.717, 1.165) is 11.1 Å². The molecular weight excluding hydrogens is 250 g/mol. The van der Waals surface area contributed by atoms with Gasteiger partial charge in [-0.2, -0.15) is 0 Å². The lowest BCUT2D eigenvalue weighted by Crippen LogP contribution is -1.92. The zero-order valence-corrected chi connectivity index (χ0v) is 10.0. The third-order valence-electron chi connectivity index (χ3n) is 2.51. The van der Waals surface area contributed by atoms with Gasteiger partial charge in [-0.3, -0.25) is 10.1 Å². The van der Waals surface area contributed by atoms with Crippen LogP contribution < -0.4 is 0 Å². The maximum Gasteiger partial charge on any atom is 0.284 e. The summed E-state index contributed by atoms with van der Waals surface area (Å²) >= 11 is 5.90. The van der Waals surface area contributed by atoms with Gasteiger partial charge in [-0.25, -0.2) is 0 Å². The smallest absolute Gasteiger partial charge is 0.258 e. The minimum Gasteiger partial charge on any atom is -0.258 e. The second-order valence-electron chi connectivity index (χ2n) is 3.64. The third-order valence-corrected chi connectivity index (χ3v) is 2.74. The van der Waals surface area contributed by atoms with Gasteiger partial charge in [-0.15, -0.1) is 6.42 Å². The molecule has 0 spiro atoms. The summed E-state index contributed by atoms with van der Waals surface area (Å²) in [6, 6.07) is 11.9. The summed E-state index contributed by atoms with van der Waals surface area (Å²) in [6.45, 7) is 0. The monoisotopic (exact) mass is 257 g/mol. The Morgan fingerprint density at radius 3 is 2.50 bits per heavy atom. The molecule has 2 aromatic carbocycles. The normalized spacial score (nSPS) is 9.78. The molecule has 0 aliphatic heterocycles. The van der Waals surface area contributed by atoms with Gasteiger partial charge in [-0.05, 0) is 35.4 Å². The summed E-state index contributed by atoms with van der Waals surface area (Å²) in [5, 5.41) is 11.4. The standard InChI is InChI=1S/C14H8ClNO2/c1-2-10-8-12(6-7-14(10)16(17)18)11-4-3-5-13(15)9-11/h1,3-9H. The second-order valence-corrected chi connectivity index (χ2v) is 4.08. The lowest BCUT2D eigenvalue weighted by atomic mass is 10.0. The van der Waals surface area contributed by atoms with Gasteiger partial charge in [0.05, 0.1) is 4.92 Å². The highest BCUT2D eigenvalue weighted by atomic mass is 35.5. The van der Waals surface area contributed by atoms with Crippen LogP contribution in [0.4, 0.5) is 5.69 Å². The highest BCUT2D eigenvalue weighted by Gasteiger charge is 2.12. The van der Waals surface area contributed by atoms with E-state index in [2.05, 4.69) is 5.92 Å². The van der Waals surface area contributed by atoms with Gasteiger partial charge in [0, 0.05) is 11.1 Å². The van der Waals surface area contributed by atoms with E-state index in [1.807, 2.05) is 12.1 Å². The van der Waals surface area contributed by atoms with Crippen molar-refractivity contribution in [2.24, 2.45) is 0 Å². The van der Waals surface area contributed by atoms with E-state index in [-0.39, 0.29) is 11.3 Å². The van der Waals surface area contributed by atoms with Crippen LogP contribution in [0.25, 0.3) is 11.1 Å². The number of hydrogen-bond donors (Lipinski definition) is 0. The number of nitro groups is 1. The summed E-state index contributed by atoms with van der Waals surface area (Å²) in [4.78, 5) is 10.3. The van der Waals surface area contributed by atoms with Crippen LogP contribution in [0.5, 0.6) is 0 Å². The van der Waals surface area contributed by atoms with Crippen molar-refractivity contribution in [3.63, 3.8) is 0 Å². The van der Waals surface area contributed by atoms with Crippen LogP contribution >= 0.6 is 11.6 Å². The molecule has 0 heterocycles. The number of terminal acetylenes is 1. The third kappa shape index (κ3) is 2.34. The van der Waals surface area contributed by atoms with Crippen molar-refractivity contribution in [2.45, 2.75) is 0 Å². The maximum atomic E-state index is 10.8. The van der Waals surface area contributed by atoms with Crippen LogP contribution in [0.2, 0.25) is 5.02 Å². The fourth-order valence-electron chi connectivity index (χ4n) is 1.66. The first-order valence-corrected chi connectivity index (χ1v) is 5.50. The molecule has 0 saturated carbocycles. The Kier molecular flexibility index (Phi) is 3.31. The number of halogens is 1. The fourth-order valence-corrected chi connectivity index (χ4v) is 1.85. The zero-order valence-electron chi connectivity index (χ0n) is 9.26. The average Bonchev–Trinajstić information content (AvgIpc) is 2.37. The first-order valence-electron chi connectivity index (χ1n) is 5.13. The summed E-state index contributed by atoms with van der Waals surface area (Å²) < 4.78 is 0. The summed E-state index contributed by atoms with van der Waals surface area (Å²) in [5.74, 6) is 2.33. The van der Waals surface area contributed by atoms with E-state index in [0.29, 0.717) is 5.02 Å². The molecule has 0 saturated heterocycles. The Hall–Kier alpha value is -2.31. The SMILES string of the molecule is C#Cc1cc(-c2cccc(Cl)c2)ccc1[N+](=O)[O-]. The van der Waals surface area contributed by atoms with Crippen LogP contribution in [0.3, 0.4) is 0 Å². The molecule has 3 nitrogen and oxygen atoms in total. The average molecular weight is 258 g/mol. The molecule has 88 valence electrons. The van der Waals surface area contributed by atoms with Crippen molar-refractivity contribution in [3.05, 3.63) is 63.2 Å². The second kappa shape index (κ2) is 4.91. The zero-order chi connectivity index (χ0) is 13.1. The summed E-state index contributed by atoms with van der Waals surface area (Å²) in [5.41, 5.74) is 1.87. The van der Waals surface area contributed by atoms with Crippen LogP contribution in [0.15, 0.2) is 42.5 Å². The highest BCUT2D eigenvalue weighted by molar-refractivity contribution is 6.30. The molecular formula is C14H8ClNO2. The Morgan fingerprint density at radius 1 is 1.17 bits per heavy atom. The molecule has 0 aliphatic carbocycles. The van der Waals surface area contributed by atoms with Gasteiger partial charge >= 0.3 is 0 Å². The number of nitrogens with zero attached hydrogens (tertiary/aromatic N) is 1. The quantitative estimate of drug-likeness (QED) is 0.465. The molecule has 2 rings (SSSR count). The van der Waals surface area contributed by atoms with Crippen molar-refractivity contribution >= 4 is 17.3 Å². The van der Waals surface area contributed by atoms with Crippen LogP contribution in [-0.4, -0.2) is 4.92 Å². The topological polar surface area (TPSA) is 43.1 Å². The number of hydrogen-bond acceptors (Lipinski definition) is 2. The van der Waals surface area contributed by atoms with Crippen molar-refractivity contribution in [1.82, 2.24) is 0 Å². The van der Waals surface area contributed by atoms with E-state index in [1.165, 1.54) is 6.07 Å². The van der Waals surface area contributed by atoms with Crippen LogP contribution in [-0.2, 0) is 0 Å². The van der Waals surface area contributed by atoms with Gasteiger partial charge in [0.2, 0.25) is 0 Å². The molecule has 18 heavy (non-hydrogen) atoms. The molecule has 0 atom stereocenters. The number of nitro benzene ring substituents is 1. The molecule has 0 bridgehead atoms.